The van der Waals surface area contributed by atoms with Crippen molar-refractivity contribution < 1.29 is 13.2 Å². The maximum absolute atomic E-state index is 12.6. The Hall–Kier alpha value is -2.35. The summed E-state index contributed by atoms with van der Waals surface area (Å²) in [4.78, 5) is 8.44. The third-order valence-electron chi connectivity index (χ3n) is 3.34. The van der Waals surface area contributed by atoms with Crippen molar-refractivity contribution in [2.24, 2.45) is 0 Å². The maximum Gasteiger partial charge on any atom is 0.421 e. The lowest BCUT2D eigenvalue weighted by Gasteiger charge is -2.14. The molecule has 1 unspecified atom stereocenters. The molecule has 0 fully saturated rings. The van der Waals surface area contributed by atoms with Gasteiger partial charge in [0.05, 0.1) is 6.04 Å². The molecular weight excluding hydrogens is 325 g/mol. The number of rotatable bonds is 3. The highest BCUT2D eigenvalue weighted by molar-refractivity contribution is 7.19. The van der Waals surface area contributed by atoms with Gasteiger partial charge in [-0.25, -0.2) is 4.98 Å². The van der Waals surface area contributed by atoms with E-state index in [9.17, 15) is 13.2 Å². The van der Waals surface area contributed by atoms with E-state index >= 15 is 0 Å². The van der Waals surface area contributed by atoms with E-state index in [1.165, 1.54) is 0 Å². The van der Waals surface area contributed by atoms with Crippen LogP contribution in [0.15, 0.2) is 36.5 Å². The molecule has 0 aliphatic rings. The Bertz CT molecular complexity index is 811. The van der Waals surface area contributed by atoms with Gasteiger partial charge in [0, 0.05) is 15.8 Å². The SMILES string of the molecule is CC(Nc1ncc(C(F)(F)F)c(N)n1)c1cc2ccccc2s1. The standard InChI is InChI=1S/C15H13F3N4S/c1-8(12-6-9-4-2-3-5-11(9)23-12)21-14-20-7-10(13(19)22-14)15(16,17)18/h2-8H,1H3,(H3,19,20,21,22). The van der Waals surface area contributed by atoms with E-state index in [1.54, 1.807) is 11.3 Å². The number of anilines is 2. The van der Waals surface area contributed by atoms with Gasteiger partial charge in [0.1, 0.15) is 11.4 Å². The molecule has 8 heteroatoms. The van der Waals surface area contributed by atoms with Gasteiger partial charge in [0.2, 0.25) is 5.95 Å². The number of nitrogens with zero attached hydrogens (tertiary/aromatic N) is 2. The van der Waals surface area contributed by atoms with E-state index in [-0.39, 0.29) is 12.0 Å². The Morgan fingerprint density at radius 2 is 2.00 bits per heavy atom. The molecule has 2 aromatic heterocycles. The van der Waals surface area contributed by atoms with Crippen LogP contribution in [0, 0.1) is 0 Å². The van der Waals surface area contributed by atoms with Crippen LogP contribution in [0.4, 0.5) is 24.9 Å². The summed E-state index contributed by atoms with van der Waals surface area (Å²) in [5.41, 5.74) is 4.34. The number of nitrogens with two attached hydrogens (primary N) is 1. The van der Waals surface area contributed by atoms with Crippen molar-refractivity contribution in [2.45, 2.75) is 19.1 Å². The van der Waals surface area contributed by atoms with Crippen LogP contribution in [-0.2, 0) is 6.18 Å². The first-order valence-electron chi connectivity index (χ1n) is 6.79. The minimum atomic E-state index is -4.56. The minimum Gasteiger partial charge on any atom is -0.383 e. The van der Waals surface area contributed by atoms with Crippen LogP contribution >= 0.6 is 11.3 Å². The molecule has 0 aliphatic carbocycles. The molecule has 0 saturated carbocycles. The maximum atomic E-state index is 12.6. The van der Waals surface area contributed by atoms with E-state index in [2.05, 4.69) is 15.3 Å². The fraction of sp³-hybridized carbons (Fsp3) is 0.200. The summed E-state index contributed by atoms with van der Waals surface area (Å²) < 4.78 is 39.1. The van der Waals surface area contributed by atoms with Crippen LogP contribution in [0.2, 0.25) is 0 Å². The second-order valence-electron chi connectivity index (χ2n) is 5.04. The van der Waals surface area contributed by atoms with Crippen molar-refractivity contribution in [1.82, 2.24) is 9.97 Å². The molecular formula is C15H13F3N4S. The molecule has 0 bridgehead atoms. The van der Waals surface area contributed by atoms with Gasteiger partial charge in [-0.05, 0) is 24.4 Å². The van der Waals surface area contributed by atoms with Crippen molar-refractivity contribution in [2.75, 3.05) is 11.1 Å². The lowest BCUT2D eigenvalue weighted by Crippen LogP contribution is -2.14. The van der Waals surface area contributed by atoms with Gasteiger partial charge in [0.15, 0.2) is 0 Å². The third-order valence-corrected chi connectivity index (χ3v) is 4.64. The first-order valence-corrected chi connectivity index (χ1v) is 7.61. The lowest BCUT2D eigenvalue weighted by atomic mass is 10.2. The van der Waals surface area contributed by atoms with Crippen molar-refractivity contribution in [3.63, 3.8) is 0 Å². The van der Waals surface area contributed by atoms with Gasteiger partial charge in [-0.1, -0.05) is 18.2 Å². The van der Waals surface area contributed by atoms with Crippen molar-refractivity contribution >= 4 is 33.2 Å². The number of fused-ring (bicyclic) bond motifs is 1. The highest BCUT2D eigenvalue weighted by Gasteiger charge is 2.34. The van der Waals surface area contributed by atoms with E-state index in [4.69, 9.17) is 5.73 Å². The summed E-state index contributed by atoms with van der Waals surface area (Å²) in [5.74, 6) is -0.515. The van der Waals surface area contributed by atoms with Gasteiger partial charge in [0.25, 0.3) is 0 Å². The molecule has 0 saturated heterocycles. The van der Waals surface area contributed by atoms with Crippen LogP contribution in [0.3, 0.4) is 0 Å². The van der Waals surface area contributed by atoms with E-state index in [0.717, 1.165) is 15.0 Å². The quantitative estimate of drug-likeness (QED) is 0.740. The topological polar surface area (TPSA) is 63.8 Å². The molecule has 2 heterocycles. The highest BCUT2D eigenvalue weighted by atomic mass is 32.1. The predicted molar refractivity (Wildman–Crippen MR) is 85.3 cm³/mol. The summed E-state index contributed by atoms with van der Waals surface area (Å²) in [6.45, 7) is 1.89. The summed E-state index contributed by atoms with van der Waals surface area (Å²) in [7, 11) is 0. The zero-order chi connectivity index (χ0) is 16.6. The number of halogens is 3. The van der Waals surface area contributed by atoms with Gasteiger partial charge in [-0.15, -0.1) is 11.3 Å². The molecule has 3 rings (SSSR count). The van der Waals surface area contributed by atoms with E-state index in [1.807, 2.05) is 37.3 Å². The first-order chi connectivity index (χ1) is 10.8. The number of benzene rings is 1. The third kappa shape index (κ3) is 3.21. The first kappa shape index (κ1) is 15.5. The molecule has 120 valence electrons. The zero-order valence-corrected chi connectivity index (χ0v) is 12.9. The predicted octanol–water partition coefficient (Wildman–Crippen LogP) is 4.47. The number of alkyl halides is 3. The summed E-state index contributed by atoms with van der Waals surface area (Å²) in [6.07, 6.45) is -3.86. The molecule has 3 N–H and O–H groups in total. The van der Waals surface area contributed by atoms with Crippen LogP contribution in [0.25, 0.3) is 10.1 Å². The molecule has 23 heavy (non-hydrogen) atoms. The second-order valence-corrected chi connectivity index (χ2v) is 6.16. The van der Waals surface area contributed by atoms with Crippen molar-refractivity contribution in [3.05, 3.63) is 47.0 Å². The lowest BCUT2D eigenvalue weighted by molar-refractivity contribution is -0.137. The number of nitrogens with one attached hydrogen (secondary N) is 1. The normalized spacial score (nSPS) is 13.2. The van der Waals surface area contributed by atoms with Gasteiger partial charge in [-0.3, -0.25) is 0 Å². The van der Waals surface area contributed by atoms with Gasteiger partial charge >= 0.3 is 6.18 Å². The number of thiophene rings is 1. The fourth-order valence-electron chi connectivity index (χ4n) is 2.16. The Labute approximate surface area is 134 Å². The molecule has 4 nitrogen and oxygen atoms in total. The van der Waals surface area contributed by atoms with E-state index < -0.39 is 17.6 Å². The van der Waals surface area contributed by atoms with Crippen LogP contribution in [-0.4, -0.2) is 9.97 Å². The van der Waals surface area contributed by atoms with Crippen LogP contribution in [0.5, 0.6) is 0 Å². The van der Waals surface area contributed by atoms with E-state index in [0.29, 0.717) is 6.20 Å². The number of hydrogen-bond donors (Lipinski definition) is 2. The van der Waals surface area contributed by atoms with Crippen molar-refractivity contribution in [1.29, 1.82) is 0 Å². The Balaban J connectivity index is 1.82. The number of hydrogen-bond acceptors (Lipinski definition) is 5. The fourth-order valence-corrected chi connectivity index (χ4v) is 3.23. The number of aromatic nitrogens is 2. The van der Waals surface area contributed by atoms with Crippen molar-refractivity contribution in [3.8, 4) is 0 Å². The van der Waals surface area contributed by atoms with Gasteiger partial charge < -0.3 is 11.1 Å². The summed E-state index contributed by atoms with van der Waals surface area (Å²) >= 11 is 1.61. The Morgan fingerprint density at radius 3 is 2.65 bits per heavy atom. The summed E-state index contributed by atoms with van der Waals surface area (Å²) in [5, 5.41) is 4.10. The molecule has 0 amide bonds. The van der Waals surface area contributed by atoms with Crippen LogP contribution in [0.1, 0.15) is 23.4 Å². The Morgan fingerprint density at radius 1 is 1.26 bits per heavy atom. The number of nitrogen functional groups attached to an aromatic ring is 1. The average molecular weight is 338 g/mol. The molecule has 0 radical (unpaired) electrons. The average Bonchev–Trinajstić information content (AvgIpc) is 2.90. The molecule has 0 aliphatic heterocycles. The highest BCUT2D eigenvalue weighted by Crippen LogP contribution is 2.34. The second kappa shape index (κ2) is 5.69. The van der Waals surface area contributed by atoms with Gasteiger partial charge in [-0.2, -0.15) is 18.2 Å². The molecule has 1 aromatic carbocycles. The zero-order valence-electron chi connectivity index (χ0n) is 12.1. The van der Waals surface area contributed by atoms with Crippen LogP contribution < -0.4 is 11.1 Å². The molecule has 0 spiro atoms. The molecule has 3 aromatic rings. The summed E-state index contributed by atoms with van der Waals surface area (Å²) in [6, 6.07) is 9.82. The monoisotopic (exact) mass is 338 g/mol. The minimum absolute atomic E-state index is 0.0699. The smallest absolute Gasteiger partial charge is 0.383 e. The largest absolute Gasteiger partial charge is 0.421 e. The Kier molecular flexibility index (Phi) is 3.85. The molecule has 1 atom stereocenters.